The zero-order valence-corrected chi connectivity index (χ0v) is 10.4. The quantitative estimate of drug-likeness (QED) is 0.709. The summed E-state index contributed by atoms with van der Waals surface area (Å²) in [6, 6.07) is 0.783. The minimum atomic E-state index is 0.320. The molecule has 3 nitrogen and oxygen atoms in total. The fourth-order valence-electron chi connectivity index (χ4n) is 2.86. The van der Waals surface area contributed by atoms with Crippen molar-refractivity contribution in [2.45, 2.75) is 44.6 Å². The number of hydrogen-bond donors (Lipinski definition) is 1. The number of rotatable bonds is 7. The van der Waals surface area contributed by atoms with Gasteiger partial charge in [0.1, 0.15) is 0 Å². The van der Waals surface area contributed by atoms with Gasteiger partial charge in [-0.1, -0.05) is 6.42 Å². The first-order valence-electron chi connectivity index (χ1n) is 6.97. The highest BCUT2D eigenvalue weighted by Gasteiger charge is 2.24. The van der Waals surface area contributed by atoms with Gasteiger partial charge in [0.25, 0.3) is 0 Å². The Balaban J connectivity index is 1.60. The standard InChI is InChI=1S/C13H26N2O/c16-12-11-15(13-5-3-6-13)10-4-9-14-7-1-2-8-14/h13,16H,1-12H2. The lowest BCUT2D eigenvalue weighted by molar-refractivity contribution is 0.0970. The Labute approximate surface area is 99.4 Å². The summed E-state index contributed by atoms with van der Waals surface area (Å²) in [5.41, 5.74) is 0. The molecule has 0 aromatic rings. The van der Waals surface area contributed by atoms with Gasteiger partial charge in [-0.2, -0.15) is 0 Å². The average molecular weight is 226 g/mol. The van der Waals surface area contributed by atoms with Gasteiger partial charge in [0.05, 0.1) is 6.61 Å². The summed E-state index contributed by atoms with van der Waals surface area (Å²) in [6.07, 6.45) is 8.15. The molecule has 0 bridgehead atoms. The Morgan fingerprint density at radius 3 is 2.38 bits per heavy atom. The van der Waals surface area contributed by atoms with E-state index in [0.717, 1.165) is 12.6 Å². The molecule has 1 saturated heterocycles. The summed E-state index contributed by atoms with van der Waals surface area (Å²) < 4.78 is 0. The van der Waals surface area contributed by atoms with Crippen LogP contribution in [0.4, 0.5) is 0 Å². The average Bonchev–Trinajstić information content (AvgIpc) is 2.68. The van der Waals surface area contributed by atoms with Crippen LogP contribution in [0, 0.1) is 0 Å². The Morgan fingerprint density at radius 1 is 1.06 bits per heavy atom. The molecule has 0 amide bonds. The highest BCUT2D eigenvalue weighted by molar-refractivity contribution is 4.80. The van der Waals surface area contributed by atoms with Crippen LogP contribution in [0.3, 0.4) is 0 Å². The molecule has 0 aromatic carbocycles. The Morgan fingerprint density at radius 2 is 1.81 bits per heavy atom. The predicted octanol–water partition coefficient (Wildman–Crippen LogP) is 1.32. The van der Waals surface area contributed by atoms with Crippen LogP contribution in [0.2, 0.25) is 0 Å². The zero-order valence-electron chi connectivity index (χ0n) is 10.4. The van der Waals surface area contributed by atoms with Crippen molar-refractivity contribution in [3.05, 3.63) is 0 Å². The van der Waals surface area contributed by atoms with E-state index in [1.807, 2.05) is 0 Å². The van der Waals surface area contributed by atoms with E-state index < -0.39 is 0 Å². The van der Waals surface area contributed by atoms with Gasteiger partial charge in [-0.15, -0.1) is 0 Å². The van der Waals surface area contributed by atoms with Crippen LogP contribution in [0.1, 0.15) is 38.5 Å². The predicted molar refractivity (Wildman–Crippen MR) is 66.6 cm³/mol. The number of aliphatic hydroxyl groups is 1. The van der Waals surface area contributed by atoms with Gasteiger partial charge in [-0.3, -0.25) is 4.90 Å². The molecule has 94 valence electrons. The van der Waals surface area contributed by atoms with E-state index in [2.05, 4.69) is 9.80 Å². The highest BCUT2D eigenvalue weighted by Crippen LogP contribution is 2.24. The van der Waals surface area contributed by atoms with E-state index in [-0.39, 0.29) is 0 Å². The summed E-state index contributed by atoms with van der Waals surface area (Å²) in [5.74, 6) is 0. The number of hydrogen-bond acceptors (Lipinski definition) is 3. The first-order valence-corrected chi connectivity index (χ1v) is 6.97. The first-order chi connectivity index (χ1) is 7.90. The molecule has 1 heterocycles. The third-order valence-corrected chi connectivity index (χ3v) is 4.10. The van der Waals surface area contributed by atoms with Gasteiger partial charge >= 0.3 is 0 Å². The van der Waals surface area contributed by atoms with E-state index in [1.165, 1.54) is 64.7 Å². The van der Waals surface area contributed by atoms with E-state index in [9.17, 15) is 0 Å². The molecular formula is C13H26N2O. The van der Waals surface area contributed by atoms with Crippen LogP contribution in [0.5, 0.6) is 0 Å². The Kier molecular flexibility index (Phi) is 5.07. The summed E-state index contributed by atoms with van der Waals surface area (Å²) in [6.45, 7) is 6.26. The first kappa shape index (κ1) is 12.3. The van der Waals surface area contributed by atoms with Crippen molar-refractivity contribution in [2.75, 3.05) is 39.3 Å². The van der Waals surface area contributed by atoms with Gasteiger partial charge in [0, 0.05) is 12.6 Å². The molecule has 0 radical (unpaired) electrons. The maximum Gasteiger partial charge on any atom is 0.0558 e. The Bertz CT molecular complexity index is 188. The van der Waals surface area contributed by atoms with Crippen LogP contribution < -0.4 is 0 Å². The normalized spacial score (nSPS) is 22.9. The van der Waals surface area contributed by atoms with Gasteiger partial charge in [0.2, 0.25) is 0 Å². The second-order valence-electron chi connectivity index (χ2n) is 5.25. The molecular weight excluding hydrogens is 200 g/mol. The molecule has 0 aromatic heterocycles. The molecule has 1 aliphatic heterocycles. The van der Waals surface area contributed by atoms with Crippen LogP contribution in [-0.4, -0.2) is 60.3 Å². The lowest BCUT2D eigenvalue weighted by atomic mass is 9.91. The minimum absolute atomic E-state index is 0.320. The van der Waals surface area contributed by atoms with Crippen molar-refractivity contribution in [3.8, 4) is 0 Å². The SMILES string of the molecule is OCCN(CCCN1CCCC1)C1CCC1. The number of nitrogens with zero attached hydrogens (tertiary/aromatic N) is 2. The van der Waals surface area contributed by atoms with Gasteiger partial charge in [-0.05, 0) is 58.3 Å². The van der Waals surface area contributed by atoms with E-state index in [1.54, 1.807) is 0 Å². The zero-order chi connectivity index (χ0) is 11.2. The summed E-state index contributed by atoms with van der Waals surface area (Å²) >= 11 is 0. The summed E-state index contributed by atoms with van der Waals surface area (Å²) in [5, 5.41) is 9.06. The second-order valence-corrected chi connectivity index (χ2v) is 5.25. The Hall–Kier alpha value is -0.120. The fourth-order valence-corrected chi connectivity index (χ4v) is 2.86. The number of likely N-dealkylation sites (tertiary alicyclic amines) is 1. The van der Waals surface area contributed by atoms with Gasteiger partial charge < -0.3 is 10.0 Å². The third-order valence-electron chi connectivity index (χ3n) is 4.10. The summed E-state index contributed by atoms with van der Waals surface area (Å²) in [7, 11) is 0. The van der Waals surface area contributed by atoms with Crippen molar-refractivity contribution in [3.63, 3.8) is 0 Å². The molecule has 1 saturated carbocycles. The van der Waals surface area contributed by atoms with E-state index >= 15 is 0 Å². The van der Waals surface area contributed by atoms with Crippen molar-refractivity contribution >= 4 is 0 Å². The molecule has 2 aliphatic rings. The van der Waals surface area contributed by atoms with Gasteiger partial charge in [-0.25, -0.2) is 0 Å². The van der Waals surface area contributed by atoms with Crippen LogP contribution in [0.25, 0.3) is 0 Å². The molecule has 0 unspecified atom stereocenters. The molecule has 1 N–H and O–H groups in total. The van der Waals surface area contributed by atoms with Crippen LogP contribution >= 0.6 is 0 Å². The third kappa shape index (κ3) is 3.44. The number of aliphatic hydroxyl groups excluding tert-OH is 1. The van der Waals surface area contributed by atoms with Crippen molar-refractivity contribution in [2.24, 2.45) is 0 Å². The molecule has 2 rings (SSSR count). The molecule has 2 fully saturated rings. The largest absolute Gasteiger partial charge is 0.395 e. The molecule has 1 aliphatic carbocycles. The van der Waals surface area contributed by atoms with Crippen LogP contribution in [-0.2, 0) is 0 Å². The topological polar surface area (TPSA) is 26.7 Å². The summed E-state index contributed by atoms with van der Waals surface area (Å²) in [4.78, 5) is 5.08. The van der Waals surface area contributed by atoms with Crippen LogP contribution in [0.15, 0.2) is 0 Å². The molecule has 16 heavy (non-hydrogen) atoms. The highest BCUT2D eigenvalue weighted by atomic mass is 16.3. The lowest BCUT2D eigenvalue weighted by Crippen LogP contribution is -2.43. The minimum Gasteiger partial charge on any atom is -0.395 e. The fraction of sp³-hybridized carbons (Fsp3) is 1.00. The smallest absolute Gasteiger partial charge is 0.0558 e. The second kappa shape index (κ2) is 6.58. The monoisotopic (exact) mass is 226 g/mol. The molecule has 0 spiro atoms. The maximum absolute atomic E-state index is 9.06. The van der Waals surface area contributed by atoms with Crippen molar-refractivity contribution in [1.82, 2.24) is 9.80 Å². The maximum atomic E-state index is 9.06. The van der Waals surface area contributed by atoms with Crippen molar-refractivity contribution < 1.29 is 5.11 Å². The lowest BCUT2D eigenvalue weighted by Gasteiger charge is -2.37. The van der Waals surface area contributed by atoms with Gasteiger partial charge in [0.15, 0.2) is 0 Å². The van der Waals surface area contributed by atoms with Crippen molar-refractivity contribution in [1.29, 1.82) is 0 Å². The van der Waals surface area contributed by atoms with E-state index in [0.29, 0.717) is 6.61 Å². The van der Waals surface area contributed by atoms with E-state index in [4.69, 9.17) is 5.11 Å². The molecule has 3 heteroatoms. The molecule has 0 atom stereocenters.